The molecule has 4 nitrogen and oxygen atoms in total. The summed E-state index contributed by atoms with van der Waals surface area (Å²) in [5, 5.41) is 0. The van der Waals surface area contributed by atoms with Gasteiger partial charge in [-0.05, 0) is 55.7 Å². The average molecular weight is 572 g/mol. The van der Waals surface area contributed by atoms with Crippen LogP contribution in [0.4, 0.5) is 5.69 Å². The molecule has 228 valence electrons. The van der Waals surface area contributed by atoms with E-state index in [-0.39, 0.29) is 5.91 Å². The van der Waals surface area contributed by atoms with E-state index in [1.54, 1.807) is 0 Å². The van der Waals surface area contributed by atoms with Gasteiger partial charge in [0.2, 0.25) is 0 Å². The molecule has 0 fully saturated rings. The van der Waals surface area contributed by atoms with E-state index in [1.165, 1.54) is 83.5 Å². The third-order valence-electron chi connectivity index (χ3n) is 8.23. The summed E-state index contributed by atoms with van der Waals surface area (Å²) in [5.41, 5.74) is 3.84. The predicted molar refractivity (Wildman–Crippen MR) is 176 cm³/mol. The molecule has 2 aromatic carbocycles. The summed E-state index contributed by atoms with van der Waals surface area (Å²) in [6.45, 7) is 8.63. The zero-order chi connectivity index (χ0) is 29.8. The van der Waals surface area contributed by atoms with Crippen molar-refractivity contribution in [3.05, 3.63) is 89.7 Å². The quantitative estimate of drug-likeness (QED) is 0.0941. The van der Waals surface area contributed by atoms with E-state index < -0.39 is 0 Å². The lowest BCUT2D eigenvalue weighted by Gasteiger charge is -2.24. The van der Waals surface area contributed by atoms with Crippen LogP contribution in [0.15, 0.2) is 73.1 Å². The number of carbonyl (C=O) groups excluding carboxylic acids is 1. The molecule has 0 N–H and O–H groups in total. The number of hydrogen-bond acceptors (Lipinski definition) is 2. The highest BCUT2D eigenvalue weighted by Crippen LogP contribution is 2.24. The van der Waals surface area contributed by atoms with E-state index in [0.717, 1.165) is 42.1 Å². The molecule has 0 aliphatic heterocycles. The highest BCUT2D eigenvalue weighted by atomic mass is 16.5. The van der Waals surface area contributed by atoms with Gasteiger partial charge in [-0.3, -0.25) is 4.79 Å². The van der Waals surface area contributed by atoms with E-state index in [2.05, 4.69) is 37.5 Å². The number of para-hydroxylation sites is 1. The largest absolute Gasteiger partial charge is 0.494 e. The summed E-state index contributed by atoms with van der Waals surface area (Å²) in [7, 11) is 0. The second-order valence-corrected chi connectivity index (χ2v) is 11.7. The molecular formula is C38H55N2O2+. The lowest BCUT2D eigenvalue weighted by molar-refractivity contribution is -0.693. The highest BCUT2D eigenvalue weighted by molar-refractivity contribution is 6.05. The van der Waals surface area contributed by atoms with Gasteiger partial charge in [0.15, 0.2) is 12.4 Å². The molecule has 1 heterocycles. The van der Waals surface area contributed by atoms with Crippen molar-refractivity contribution in [1.29, 1.82) is 0 Å². The van der Waals surface area contributed by atoms with Crippen LogP contribution in [-0.4, -0.2) is 12.5 Å². The van der Waals surface area contributed by atoms with Crippen molar-refractivity contribution >= 4 is 11.6 Å². The van der Waals surface area contributed by atoms with Gasteiger partial charge >= 0.3 is 0 Å². The molecule has 0 unspecified atom stereocenters. The maximum Gasteiger partial charge on any atom is 0.259 e. The Hall–Kier alpha value is -3.14. The molecule has 0 aliphatic rings. The summed E-state index contributed by atoms with van der Waals surface area (Å²) in [6.07, 6.45) is 23.0. The molecule has 0 atom stereocenters. The molecule has 4 heteroatoms. The number of pyridine rings is 1. The number of unbranched alkanes of at least 4 members (excludes halogenated alkanes) is 13. The van der Waals surface area contributed by atoms with E-state index in [4.69, 9.17) is 4.74 Å². The van der Waals surface area contributed by atoms with E-state index in [1.807, 2.05) is 65.8 Å². The van der Waals surface area contributed by atoms with Gasteiger partial charge in [-0.2, -0.15) is 0 Å². The molecule has 0 aliphatic carbocycles. The molecule has 0 bridgehead atoms. The first-order valence-electron chi connectivity index (χ1n) is 16.7. The minimum atomic E-state index is 0.00184. The Labute approximate surface area is 256 Å². The molecule has 1 aromatic heterocycles. The van der Waals surface area contributed by atoms with Crippen LogP contribution in [0.2, 0.25) is 0 Å². The van der Waals surface area contributed by atoms with Crippen molar-refractivity contribution in [2.24, 2.45) is 0 Å². The third-order valence-corrected chi connectivity index (χ3v) is 8.23. The number of aryl methyl sites for hydroxylation is 2. The first-order chi connectivity index (χ1) is 20.6. The first-order valence-corrected chi connectivity index (χ1v) is 16.7. The topological polar surface area (TPSA) is 33.4 Å². The Balaban J connectivity index is 1.38. The Bertz CT molecular complexity index is 1140. The number of nitrogens with zero attached hydrogens (tertiary/aromatic N) is 2. The van der Waals surface area contributed by atoms with Gasteiger partial charge in [0, 0.05) is 17.8 Å². The second kappa shape index (κ2) is 19.9. The van der Waals surface area contributed by atoms with Crippen LogP contribution in [0.5, 0.6) is 5.75 Å². The van der Waals surface area contributed by atoms with Crippen LogP contribution in [0.1, 0.15) is 125 Å². The minimum absolute atomic E-state index is 0.00184. The van der Waals surface area contributed by atoms with E-state index in [9.17, 15) is 4.79 Å². The van der Waals surface area contributed by atoms with Crippen molar-refractivity contribution in [2.45, 2.75) is 124 Å². The van der Waals surface area contributed by atoms with Crippen molar-refractivity contribution in [3.8, 4) is 5.75 Å². The number of rotatable bonds is 21. The lowest BCUT2D eigenvalue weighted by atomic mass is 10.0. The molecule has 42 heavy (non-hydrogen) atoms. The Morgan fingerprint density at radius 1 is 0.714 bits per heavy atom. The van der Waals surface area contributed by atoms with Gasteiger partial charge in [-0.25, -0.2) is 4.57 Å². The number of ether oxygens (including phenoxy) is 1. The van der Waals surface area contributed by atoms with Gasteiger partial charge in [0.05, 0.1) is 18.7 Å². The van der Waals surface area contributed by atoms with Crippen molar-refractivity contribution in [2.75, 3.05) is 11.5 Å². The van der Waals surface area contributed by atoms with E-state index >= 15 is 0 Å². The lowest BCUT2D eigenvalue weighted by Crippen LogP contribution is -2.34. The number of aromatic nitrogens is 1. The second-order valence-electron chi connectivity index (χ2n) is 11.7. The van der Waals surface area contributed by atoms with Crippen LogP contribution in [0, 0.1) is 6.92 Å². The fourth-order valence-electron chi connectivity index (χ4n) is 5.45. The van der Waals surface area contributed by atoms with Gasteiger partial charge in [0.1, 0.15) is 12.3 Å². The van der Waals surface area contributed by atoms with Crippen LogP contribution in [-0.2, 0) is 13.1 Å². The number of carbonyl (C=O) groups is 1. The van der Waals surface area contributed by atoms with Gasteiger partial charge in [-0.1, -0.05) is 115 Å². The summed E-state index contributed by atoms with van der Waals surface area (Å²) < 4.78 is 8.15. The summed E-state index contributed by atoms with van der Waals surface area (Å²) in [4.78, 5) is 15.5. The van der Waals surface area contributed by atoms with Gasteiger partial charge in [-0.15, -0.1) is 0 Å². The van der Waals surface area contributed by atoms with Gasteiger partial charge in [0.25, 0.3) is 5.91 Å². The number of hydrogen-bond donors (Lipinski definition) is 0. The maximum atomic E-state index is 13.6. The van der Waals surface area contributed by atoms with Gasteiger partial charge < -0.3 is 9.64 Å². The Morgan fingerprint density at radius 3 is 1.83 bits per heavy atom. The first kappa shape index (κ1) is 33.4. The average Bonchev–Trinajstić information content (AvgIpc) is 3.02. The molecule has 0 radical (unpaired) electrons. The normalized spacial score (nSPS) is 11.0. The predicted octanol–water partition coefficient (Wildman–Crippen LogP) is 10.0. The van der Waals surface area contributed by atoms with Crippen LogP contribution < -0.4 is 14.2 Å². The van der Waals surface area contributed by atoms with Crippen LogP contribution in [0.3, 0.4) is 0 Å². The third kappa shape index (κ3) is 12.0. The molecule has 0 saturated carbocycles. The standard InChI is InChI=1S/C38H55N2O2/c1-4-6-7-8-9-10-11-12-13-14-15-16-17-21-30-42-37-25-24-35(33(3)31-37)32-40(36-22-19-18-20-23-36)38(41)34-26-28-39(5-2)29-27-34/h18-20,22-29,31H,4-17,21,30,32H2,1-3H3/q+1. The Kier molecular flexibility index (Phi) is 15.8. The minimum Gasteiger partial charge on any atom is -0.494 e. The van der Waals surface area contributed by atoms with Crippen molar-refractivity contribution in [1.82, 2.24) is 0 Å². The fraction of sp³-hybridized carbons (Fsp3) is 0.526. The molecular weight excluding hydrogens is 516 g/mol. The van der Waals surface area contributed by atoms with Crippen molar-refractivity contribution in [3.63, 3.8) is 0 Å². The Morgan fingerprint density at radius 2 is 1.29 bits per heavy atom. The van der Waals surface area contributed by atoms with Crippen molar-refractivity contribution < 1.29 is 14.1 Å². The number of amides is 1. The molecule has 0 spiro atoms. The monoisotopic (exact) mass is 571 g/mol. The van der Waals surface area contributed by atoms with Crippen LogP contribution in [0.25, 0.3) is 0 Å². The molecule has 3 rings (SSSR count). The number of benzene rings is 2. The smallest absolute Gasteiger partial charge is 0.259 e. The van der Waals surface area contributed by atoms with E-state index in [0.29, 0.717) is 12.1 Å². The molecule has 1 amide bonds. The summed E-state index contributed by atoms with van der Waals surface area (Å²) in [5.74, 6) is 0.915. The molecule has 3 aromatic rings. The zero-order valence-corrected chi connectivity index (χ0v) is 26.7. The van der Waals surface area contributed by atoms with Crippen LogP contribution >= 0.6 is 0 Å². The maximum absolute atomic E-state index is 13.6. The summed E-state index contributed by atoms with van der Waals surface area (Å²) >= 11 is 0. The number of anilines is 1. The molecule has 0 saturated heterocycles. The SMILES string of the molecule is CCCCCCCCCCCCCCCCOc1ccc(CN(C(=O)c2cc[n+](CC)cc2)c2ccccc2)c(C)c1. The zero-order valence-electron chi connectivity index (χ0n) is 26.7. The summed E-state index contributed by atoms with van der Waals surface area (Å²) in [6, 6.07) is 20.0. The highest BCUT2D eigenvalue weighted by Gasteiger charge is 2.20. The fourth-order valence-corrected chi connectivity index (χ4v) is 5.45.